The molecule has 0 spiro atoms. The van der Waals surface area contributed by atoms with Gasteiger partial charge in [0.2, 0.25) is 0 Å². The van der Waals surface area contributed by atoms with Crippen molar-refractivity contribution in [2.45, 2.75) is 77.3 Å². The molecule has 0 aromatic rings. The molecule has 0 saturated heterocycles. The van der Waals surface area contributed by atoms with Gasteiger partial charge in [0.1, 0.15) is 0 Å². The second-order valence-electron chi connectivity index (χ2n) is 5.11. The van der Waals surface area contributed by atoms with Crippen LogP contribution >= 0.6 is 0 Å². The number of rotatable bonds is 7. The third-order valence-electron chi connectivity index (χ3n) is 3.83. The molecule has 1 rings (SSSR count). The van der Waals surface area contributed by atoms with E-state index < -0.39 is 0 Å². The van der Waals surface area contributed by atoms with Crippen molar-refractivity contribution in [2.75, 3.05) is 13.1 Å². The molecule has 0 atom stereocenters. The van der Waals surface area contributed by atoms with Gasteiger partial charge in [-0.15, -0.1) is 0 Å². The zero-order valence-electron chi connectivity index (χ0n) is 11.2. The van der Waals surface area contributed by atoms with Gasteiger partial charge in [-0.3, -0.25) is 0 Å². The molecule has 2 nitrogen and oxygen atoms in total. The average Bonchev–Trinajstić information content (AvgIpc) is 2.58. The SMILES string of the molecule is CCC(CC)NCCNC1CCCCCC1. The summed E-state index contributed by atoms with van der Waals surface area (Å²) in [7, 11) is 0. The molecule has 0 aromatic heterocycles. The minimum absolute atomic E-state index is 0.718. The van der Waals surface area contributed by atoms with E-state index in [9.17, 15) is 0 Å². The molecule has 0 unspecified atom stereocenters. The molecular weight excluding hydrogens is 196 g/mol. The second kappa shape index (κ2) is 9.00. The molecule has 1 saturated carbocycles. The average molecular weight is 226 g/mol. The monoisotopic (exact) mass is 226 g/mol. The van der Waals surface area contributed by atoms with Gasteiger partial charge in [-0.1, -0.05) is 39.5 Å². The predicted molar refractivity (Wildman–Crippen MR) is 71.9 cm³/mol. The van der Waals surface area contributed by atoms with E-state index in [2.05, 4.69) is 24.5 Å². The van der Waals surface area contributed by atoms with Crippen LogP contribution < -0.4 is 10.6 Å². The predicted octanol–water partition coefficient (Wildman–Crippen LogP) is 3.08. The number of nitrogens with one attached hydrogen (secondary N) is 2. The van der Waals surface area contributed by atoms with E-state index in [1.165, 1.54) is 51.4 Å². The van der Waals surface area contributed by atoms with Crippen LogP contribution in [0.15, 0.2) is 0 Å². The van der Waals surface area contributed by atoms with Crippen LogP contribution in [0.1, 0.15) is 65.2 Å². The van der Waals surface area contributed by atoms with E-state index in [1.807, 2.05) is 0 Å². The molecule has 0 aliphatic heterocycles. The van der Waals surface area contributed by atoms with Gasteiger partial charge >= 0.3 is 0 Å². The van der Waals surface area contributed by atoms with Gasteiger partial charge in [-0.2, -0.15) is 0 Å². The van der Waals surface area contributed by atoms with Crippen molar-refractivity contribution in [1.29, 1.82) is 0 Å². The van der Waals surface area contributed by atoms with Gasteiger partial charge in [0.25, 0.3) is 0 Å². The lowest BCUT2D eigenvalue weighted by Crippen LogP contribution is -2.38. The second-order valence-corrected chi connectivity index (χ2v) is 5.11. The Balaban J connectivity index is 2.00. The van der Waals surface area contributed by atoms with Crippen molar-refractivity contribution in [3.63, 3.8) is 0 Å². The van der Waals surface area contributed by atoms with Crippen LogP contribution in [0.2, 0.25) is 0 Å². The first-order valence-corrected chi connectivity index (χ1v) is 7.33. The van der Waals surface area contributed by atoms with Gasteiger partial charge in [0.05, 0.1) is 0 Å². The van der Waals surface area contributed by atoms with Crippen LogP contribution in [-0.4, -0.2) is 25.2 Å². The Kier molecular flexibility index (Phi) is 7.87. The minimum atomic E-state index is 0.718. The summed E-state index contributed by atoms with van der Waals surface area (Å²) in [4.78, 5) is 0. The van der Waals surface area contributed by atoms with E-state index in [0.717, 1.165) is 25.2 Å². The lowest BCUT2D eigenvalue weighted by atomic mass is 10.1. The van der Waals surface area contributed by atoms with Crippen molar-refractivity contribution in [2.24, 2.45) is 0 Å². The van der Waals surface area contributed by atoms with Crippen LogP contribution in [0.3, 0.4) is 0 Å². The summed E-state index contributed by atoms with van der Waals surface area (Å²) in [5.41, 5.74) is 0. The van der Waals surface area contributed by atoms with Crippen molar-refractivity contribution in [3.05, 3.63) is 0 Å². The highest BCUT2D eigenvalue weighted by atomic mass is 15.0. The molecule has 2 heteroatoms. The summed E-state index contributed by atoms with van der Waals surface area (Å²) in [5, 5.41) is 7.31. The van der Waals surface area contributed by atoms with E-state index in [0.29, 0.717) is 0 Å². The lowest BCUT2D eigenvalue weighted by Gasteiger charge is -2.18. The van der Waals surface area contributed by atoms with E-state index in [-0.39, 0.29) is 0 Å². The fourth-order valence-electron chi connectivity index (χ4n) is 2.61. The van der Waals surface area contributed by atoms with Gasteiger partial charge in [0, 0.05) is 25.2 Å². The van der Waals surface area contributed by atoms with E-state index in [4.69, 9.17) is 0 Å². The fraction of sp³-hybridized carbons (Fsp3) is 1.00. The molecule has 1 fully saturated rings. The summed E-state index contributed by atoms with van der Waals surface area (Å²) >= 11 is 0. The summed E-state index contributed by atoms with van der Waals surface area (Å²) in [6, 6.07) is 1.52. The zero-order valence-corrected chi connectivity index (χ0v) is 11.2. The summed E-state index contributed by atoms with van der Waals surface area (Å²) in [5.74, 6) is 0. The fourth-order valence-corrected chi connectivity index (χ4v) is 2.61. The molecule has 16 heavy (non-hydrogen) atoms. The highest BCUT2D eigenvalue weighted by Gasteiger charge is 2.10. The number of hydrogen-bond donors (Lipinski definition) is 2. The Labute approximate surface area is 102 Å². The van der Waals surface area contributed by atoms with E-state index in [1.54, 1.807) is 0 Å². The third-order valence-corrected chi connectivity index (χ3v) is 3.83. The molecule has 0 radical (unpaired) electrons. The van der Waals surface area contributed by atoms with E-state index >= 15 is 0 Å². The first-order chi connectivity index (χ1) is 7.86. The lowest BCUT2D eigenvalue weighted by molar-refractivity contribution is 0.428. The Hall–Kier alpha value is -0.0800. The zero-order chi connectivity index (χ0) is 11.6. The maximum atomic E-state index is 3.70. The summed E-state index contributed by atoms with van der Waals surface area (Å²) < 4.78 is 0. The molecule has 0 aromatic carbocycles. The van der Waals surface area contributed by atoms with Crippen LogP contribution in [0, 0.1) is 0 Å². The molecule has 2 N–H and O–H groups in total. The van der Waals surface area contributed by atoms with Gasteiger partial charge in [-0.25, -0.2) is 0 Å². The maximum Gasteiger partial charge on any atom is 0.00794 e. The maximum absolute atomic E-state index is 3.70. The van der Waals surface area contributed by atoms with Crippen molar-refractivity contribution < 1.29 is 0 Å². The molecule has 1 aliphatic rings. The normalized spacial score (nSPS) is 18.9. The Morgan fingerprint density at radius 1 is 0.938 bits per heavy atom. The smallest absolute Gasteiger partial charge is 0.00794 e. The molecule has 96 valence electrons. The standard InChI is InChI=1S/C14H30N2/c1-3-13(4-2)15-11-12-16-14-9-7-5-6-8-10-14/h13-16H,3-12H2,1-2H3. The molecular formula is C14H30N2. The minimum Gasteiger partial charge on any atom is -0.313 e. The molecule has 0 bridgehead atoms. The number of hydrogen-bond acceptors (Lipinski definition) is 2. The van der Waals surface area contributed by atoms with Crippen LogP contribution in [0.5, 0.6) is 0 Å². The van der Waals surface area contributed by atoms with Gasteiger partial charge < -0.3 is 10.6 Å². The summed E-state index contributed by atoms with van der Waals surface area (Å²) in [6.07, 6.45) is 11.0. The quantitative estimate of drug-likeness (QED) is 0.515. The summed E-state index contributed by atoms with van der Waals surface area (Å²) in [6.45, 7) is 6.80. The van der Waals surface area contributed by atoms with Crippen LogP contribution in [0.25, 0.3) is 0 Å². The van der Waals surface area contributed by atoms with Crippen molar-refractivity contribution in [3.8, 4) is 0 Å². The third kappa shape index (κ3) is 5.86. The van der Waals surface area contributed by atoms with Crippen LogP contribution in [-0.2, 0) is 0 Å². The van der Waals surface area contributed by atoms with Crippen LogP contribution in [0.4, 0.5) is 0 Å². The molecule has 0 amide bonds. The first kappa shape index (κ1) is 14.0. The Bertz CT molecular complexity index is 147. The van der Waals surface area contributed by atoms with Crippen molar-refractivity contribution >= 4 is 0 Å². The highest BCUT2D eigenvalue weighted by molar-refractivity contribution is 4.71. The first-order valence-electron chi connectivity index (χ1n) is 7.33. The Morgan fingerprint density at radius 3 is 2.12 bits per heavy atom. The Morgan fingerprint density at radius 2 is 1.56 bits per heavy atom. The van der Waals surface area contributed by atoms with Gasteiger partial charge in [0.15, 0.2) is 0 Å². The van der Waals surface area contributed by atoms with Crippen molar-refractivity contribution in [1.82, 2.24) is 10.6 Å². The molecule has 0 heterocycles. The topological polar surface area (TPSA) is 24.1 Å². The van der Waals surface area contributed by atoms with Gasteiger partial charge in [-0.05, 0) is 25.7 Å². The molecule has 1 aliphatic carbocycles. The highest BCUT2D eigenvalue weighted by Crippen LogP contribution is 2.16. The largest absolute Gasteiger partial charge is 0.313 e.